The third-order valence-electron chi connectivity index (χ3n) is 6.15. The Balaban J connectivity index is 0.00000405. The van der Waals surface area contributed by atoms with E-state index in [0.717, 1.165) is 22.3 Å². The largest absolute Gasteiger partial charge is 0.300 e. The summed E-state index contributed by atoms with van der Waals surface area (Å²) in [6.07, 6.45) is 1.64. The molecule has 0 aromatic heterocycles. The van der Waals surface area contributed by atoms with E-state index in [0.29, 0.717) is 21.3 Å². The first kappa shape index (κ1) is 31.4. The third-order valence-corrected chi connectivity index (χ3v) is 8.45. The van der Waals surface area contributed by atoms with Gasteiger partial charge < -0.3 is 5.32 Å². The maximum absolute atomic E-state index is 13.2. The molecule has 1 heterocycles. The fraction of sp³-hybridized carbons (Fsp3) is 0.0645. The molecule has 0 spiro atoms. The normalized spacial score (nSPS) is 14.9. The quantitative estimate of drug-likeness (QED) is 0.217. The molecular weight excluding hydrogens is 584 g/mol. The van der Waals surface area contributed by atoms with Crippen molar-refractivity contribution in [3.8, 4) is 11.1 Å². The van der Waals surface area contributed by atoms with E-state index in [9.17, 15) is 22.4 Å². The molecule has 4 aromatic rings. The van der Waals surface area contributed by atoms with Crippen molar-refractivity contribution in [3.63, 3.8) is 0 Å². The van der Waals surface area contributed by atoms with Crippen LogP contribution in [-0.2, 0) is 26.0 Å². The van der Waals surface area contributed by atoms with Crippen LogP contribution in [0.2, 0.25) is 0 Å². The Kier molecular flexibility index (Phi) is 10.2. The molecule has 1 saturated heterocycles. The van der Waals surface area contributed by atoms with Gasteiger partial charge in [0.25, 0.3) is 15.9 Å². The van der Waals surface area contributed by atoms with E-state index in [1.54, 1.807) is 54.6 Å². The van der Waals surface area contributed by atoms with Crippen LogP contribution in [0.25, 0.3) is 17.2 Å². The van der Waals surface area contributed by atoms with E-state index in [4.69, 9.17) is 0 Å². The molecule has 2 amide bonds. The van der Waals surface area contributed by atoms with Gasteiger partial charge >= 0.3 is 0 Å². The van der Waals surface area contributed by atoms with Gasteiger partial charge in [0.2, 0.25) is 5.91 Å². The fourth-order valence-corrected chi connectivity index (χ4v) is 5.83. The second-order valence-electron chi connectivity index (χ2n) is 9.30. The second kappa shape index (κ2) is 13.6. The molecule has 1 aliphatic heterocycles. The summed E-state index contributed by atoms with van der Waals surface area (Å²) in [6, 6.07) is 26.8. The van der Waals surface area contributed by atoms with Crippen LogP contribution in [0, 0.1) is 12.7 Å². The Bertz CT molecular complexity index is 1770. The van der Waals surface area contributed by atoms with E-state index in [-0.39, 0.29) is 52.6 Å². The molecule has 5 rings (SSSR count). The van der Waals surface area contributed by atoms with Crippen LogP contribution in [0.3, 0.4) is 0 Å². The summed E-state index contributed by atoms with van der Waals surface area (Å²) in [6.45, 7) is 1.84. The molecule has 11 heteroatoms. The maximum Gasteiger partial charge on any atom is 0.264 e. The summed E-state index contributed by atoms with van der Waals surface area (Å²) in [5.41, 5.74) is 4.75. The van der Waals surface area contributed by atoms with Crippen LogP contribution in [-0.4, -0.2) is 55.0 Å². The van der Waals surface area contributed by atoms with Crippen LogP contribution < -0.4 is 10.0 Å². The molecule has 207 valence electrons. The first-order valence-electron chi connectivity index (χ1n) is 12.5. The van der Waals surface area contributed by atoms with E-state index in [1.807, 2.05) is 31.2 Å². The average Bonchev–Trinajstić information content (AvgIpc) is 3.28. The van der Waals surface area contributed by atoms with Gasteiger partial charge in [-0.15, -0.1) is 0 Å². The summed E-state index contributed by atoms with van der Waals surface area (Å²) in [5, 5.41) is 3.16. The molecule has 1 fully saturated rings. The van der Waals surface area contributed by atoms with Gasteiger partial charge in [-0.05, 0) is 83.4 Å². The number of nitrogens with one attached hydrogen (secondary N) is 2. The van der Waals surface area contributed by atoms with Crippen molar-refractivity contribution in [3.05, 3.63) is 124 Å². The van der Waals surface area contributed by atoms with Crippen molar-refractivity contribution in [2.75, 3.05) is 0 Å². The van der Waals surface area contributed by atoms with Crippen LogP contribution in [0.15, 0.2) is 112 Å². The number of carbonyl (C=O) groups excluding carboxylic acids is 2. The zero-order chi connectivity index (χ0) is 29.0. The van der Waals surface area contributed by atoms with E-state index in [2.05, 4.69) is 15.0 Å². The smallest absolute Gasteiger partial charge is 0.264 e. The van der Waals surface area contributed by atoms with Crippen molar-refractivity contribution in [1.82, 2.24) is 10.0 Å². The van der Waals surface area contributed by atoms with Crippen LogP contribution in [0.4, 0.5) is 10.1 Å². The minimum atomic E-state index is -3.95. The molecule has 0 saturated carbocycles. The number of hydrogen-bond acceptors (Lipinski definition) is 6. The van der Waals surface area contributed by atoms with Gasteiger partial charge in [-0.2, -0.15) is 0 Å². The molecule has 2 N–H and O–H groups in total. The fourth-order valence-electron chi connectivity index (χ4n) is 4.00. The topological polar surface area (TPSA) is 105 Å². The van der Waals surface area contributed by atoms with Crippen molar-refractivity contribution >= 4 is 80.1 Å². The first-order chi connectivity index (χ1) is 19.6. The van der Waals surface area contributed by atoms with Crippen molar-refractivity contribution in [2.24, 2.45) is 4.99 Å². The van der Waals surface area contributed by atoms with Gasteiger partial charge in [0, 0.05) is 29.6 Å². The van der Waals surface area contributed by atoms with E-state index >= 15 is 0 Å². The zero-order valence-electron chi connectivity index (χ0n) is 22.8. The predicted octanol–water partition coefficient (Wildman–Crippen LogP) is 5.36. The van der Waals surface area contributed by atoms with E-state index in [1.165, 1.54) is 36.0 Å². The molecule has 7 nitrogen and oxygen atoms in total. The van der Waals surface area contributed by atoms with Crippen molar-refractivity contribution in [1.29, 1.82) is 0 Å². The van der Waals surface area contributed by atoms with Crippen molar-refractivity contribution in [2.45, 2.75) is 18.2 Å². The summed E-state index contributed by atoms with van der Waals surface area (Å²) in [4.78, 5) is 29.8. The number of sulfonamides is 1. The van der Waals surface area contributed by atoms with Gasteiger partial charge in [0.05, 0.1) is 21.9 Å². The molecule has 42 heavy (non-hydrogen) atoms. The Hall–Kier alpha value is -3.54. The van der Waals surface area contributed by atoms with Crippen LogP contribution in [0.1, 0.15) is 16.7 Å². The van der Waals surface area contributed by atoms with Crippen molar-refractivity contribution < 1.29 is 22.4 Å². The molecule has 0 unspecified atom stereocenters. The number of halogens is 1. The summed E-state index contributed by atoms with van der Waals surface area (Å²) in [5.74, 6) is -1.20. The number of hydrogen-bond donors (Lipinski definition) is 2. The molecule has 4 aromatic carbocycles. The zero-order valence-corrected chi connectivity index (χ0v) is 26.4. The molecular formula is C31H24FN3NaO4S2. The van der Waals surface area contributed by atoms with Gasteiger partial charge in [-0.1, -0.05) is 66.2 Å². The van der Waals surface area contributed by atoms with E-state index < -0.39 is 15.9 Å². The number of amidine groups is 1. The van der Waals surface area contributed by atoms with Gasteiger partial charge in [0.1, 0.15) is 5.82 Å². The number of carbonyl (C=O) groups is 2. The SMILES string of the molecule is Cc1ccc(S(=O)(=O)NC(=O)Cc2ccc(N=C3NC(=O)C(=Cc4ccc(-c5ccc(F)cc5)cc4)S3)cc2)cc1.[Na]. The van der Waals surface area contributed by atoms with Crippen LogP contribution >= 0.6 is 11.8 Å². The maximum atomic E-state index is 13.2. The number of thioether (sulfide) groups is 1. The van der Waals surface area contributed by atoms with Gasteiger partial charge in [-0.3, -0.25) is 9.59 Å². The monoisotopic (exact) mass is 608 g/mol. The summed E-state index contributed by atoms with van der Waals surface area (Å²) >= 11 is 1.21. The molecule has 1 radical (unpaired) electrons. The molecule has 0 bridgehead atoms. The third kappa shape index (κ3) is 8.05. The second-order valence-corrected chi connectivity index (χ2v) is 12.0. The number of rotatable bonds is 7. The number of aryl methyl sites for hydroxylation is 1. The summed E-state index contributed by atoms with van der Waals surface area (Å²) in [7, 11) is -3.95. The van der Waals surface area contributed by atoms with Gasteiger partial charge in [-0.25, -0.2) is 22.5 Å². The standard InChI is InChI=1S/C31H24FN3O4S2.Na/c1-20-2-16-27(17-3-20)41(38,39)35-29(36)19-22-6-14-26(15-7-22)33-31-34-30(37)28(40-31)18-21-4-8-23(9-5-21)24-10-12-25(32)13-11-24;/h2-18H,19H2,1H3,(H,35,36)(H,33,34,37);. The van der Waals surface area contributed by atoms with Gasteiger partial charge in [0.15, 0.2) is 5.17 Å². The first-order valence-corrected chi connectivity index (χ1v) is 14.8. The number of benzene rings is 4. The number of amides is 2. The minimum absolute atomic E-state index is 0. The average molecular weight is 609 g/mol. The summed E-state index contributed by atoms with van der Waals surface area (Å²) < 4.78 is 40.2. The Morgan fingerprint density at radius 2 is 1.50 bits per heavy atom. The Labute approximate surface area is 269 Å². The number of aliphatic imine (C=N–C) groups is 1. The minimum Gasteiger partial charge on any atom is -0.300 e. The Morgan fingerprint density at radius 1 is 0.905 bits per heavy atom. The molecule has 1 aliphatic rings. The predicted molar refractivity (Wildman–Crippen MR) is 165 cm³/mol. The molecule has 0 atom stereocenters. The number of nitrogens with zero attached hydrogens (tertiary/aromatic N) is 1. The Morgan fingerprint density at radius 3 is 2.12 bits per heavy atom. The van der Waals surface area contributed by atoms with Crippen LogP contribution in [0.5, 0.6) is 0 Å². The molecule has 0 aliphatic carbocycles.